The molecule has 4 nitrogen and oxygen atoms in total. The highest BCUT2D eigenvalue weighted by atomic mass is 32.2. The number of hydrogen-bond acceptors (Lipinski definition) is 4. The van der Waals surface area contributed by atoms with Crippen molar-refractivity contribution in [3.8, 4) is 5.75 Å². The molecule has 1 N–H and O–H groups in total. The molecule has 0 spiro atoms. The van der Waals surface area contributed by atoms with E-state index in [-0.39, 0.29) is 5.75 Å². The normalized spacial score (nSPS) is 11.4. The maximum atomic E-state index is 11.9. The van der Waals surface area contributed by atoms with E-state index in [9.17, 15) is 8.42 Å². The fourth-order valence-corrected chi connectivity index (χ4v) is 2.78. The van der Waals surface area contributed by atoms with Gasteiger partial charge in [-0.1, -0.05) is 6.92 Å². The van der Waals surface area contributed by atoms with Gasteiger partial charge in [-0.2, -0.15) is 0 Å². The smallest absolute Gasteiger partial charge is 0.178 e. The third kappa shape index (κ3) is 4.36. The Bertz CT molecular complexity index is 426. The monoisotopic (exact) mass is 257 g/mol. The molecule has 0 fully saturated rings. The number of benzene rings is 1. The lowest BCUT2D eigenvalue weighted by molar-refractivity contribution is 0.414. The number of ether oxygens (including phenoxy) is 1. The van der Waals surface area contributed by atoms with Crippen LogP contribution < -0.4 is 10.1 Å². The molecule has 0 saturated heterocycles. The van der Waals surface area contributed by atoms with Crippen LogP contribution in [0.25, 0.3) is 0 Å². The van der Waals surface area contributed by atoms with E-state index in [0.29, 0.717) is 17.1 Å². The SMILES string of the molecule is CCNCCCS(=O)(=O)c1ccc(OC)cc1. The molecule has 0 aliphatic carbocycles. The fraction of sp³-hybridized carbons (Fsp3) is 0.500. The largest absolute Gasteiger partial charge is 0.497 e. The van der Waals surface area contributed by atoms with E-state index in [2.05, 4.69) is 5.32 Å². The van der Waals surface area contributed by atoms with E-state index in [1.807, 2.05) is 6.92 Å². The summed E-state index contributed by atoms with van der Waals surface area (Å²) in [6.45, 7) is 3.59. The lowest BCUT2D eigenvalue weighted by Crippen LogP contribution is -2.18. The molecule has 96 valence electrons. The third-order valence-electron chi connectivity index (χ3n) is 2.44. The van der Waals surface area contributed by atoms with Crippen molar-refractivity contribution in [3.05, 3.63) is 24.3 Å². The van der Waals surface area contributed by atoms with Gasteiger partial charge in [-0.15, -0.1) is 0 Å². The second-order valence-electron chi connectivity index (χ2n) is 3.70. The van der Waals surface area contributed by atoms with E-state index in [4.69, 9.17) is 4.74 Å². The summed E-state index contributed by atoms with van der Waals surface area (Å²) in [6, 6.07) is 6.50. The molecule has 0 aliphatic heterocycles. The first-order valence-corrected chi connectivity index (χ1v) is 7.33. The molecule has 0 bridgehead atoms. The van der Waals surface area contributed by atoms with Crippen molar-refractivity contribution in [2.75, 3.05) is 26.0 Å². The minimum atomic E-state index is -3.16. The van der Waals surface area contributed by atoms with E-state index in [0.717, 1.165) is 13.1 Å². The van der Waals surface area contributed by atoms with Crippen LogP contribution in [0.5, 0.6) is 5.75 Å². The first-order chi connectivity index (χ1) is 8.10. The molecule has 0 unspecified atom stereocenters. The molecular weight excluding hydrogens is 238 g/mol. The maximum Gasteiger partial charge on any atom is 0.178 e. The van der Waals surface area contributed by atoms with Gasteiger partial charge in [0.25, 0.3) is 0 Å². The topological polar surface area (TPSA) is 55.4 Å². The molecule has 0 aromatic heterocycles. The molecule has 17 heavy (non-hydrogen) atoms. The molecule has 0 heterocycles. The van der Waals surface area contributed by atoms with E-state index < -0.39 is 9.84 Å². The van der Waals surface area contributed by atoms with Crippen LogP contribution in [0.2, 0.25) is 0 Å². The number of hydrogen-bond donors (Lipinski definition) is 1. The average Bonchev–Trinajstić information content (AvgIpc) is 2.35. The fourth-order valence-electron chi connectivity index (χ4n) is 1.46. The summed E-state index contributed by atoms with van der Waals surface area (Å²) in [7, 11) is -1.61. The van der Waals surface area contributed by atoms with Gasteiger partial charge in [-0.25, -0.2) is 8.42 Å². The van der Waals surface area contributed by atoms with Crippen LogP contribution in [-0.4, -0.2) is 34.4 Å². The van der Waals surface area contributed by atoms with Gasteiger partial charge in [-0.3, -0.25) is 0 Å². The van der Waals surface area contributed by atoms with Gasteiger partial charge in [0, 0.05) is 0 Å². The minimum Gasteiger partial charge on any atom is -0.497 e. The quantitative estimate of drug-likeness (QED) is 0.752. The average molecular weight is 257 g/mol. The predicted octanol–water partition coefficient (Wildman–Crippen LogP) is 1.47. The Kier molecular flexibility index (Phi) is 5.44. The summed E-state index contributed by atoms with van der Waals surface area (Å²) in [5.41, 5.74) is 0. The summed E-state index contributed by atoms with van der Waals surface area (Å²) in [5.74, 6) is 0.836. The number of rotatable bonds is 7. The lowest BCUT2D eigenvalue weighted by Gasteiger charge is -2.06. The van der Waals surface area contributed by atoms with E-state index in [1.165, 1.54) is 0 Å². The Balaban J connectivity index is 2.62. The highest BCUT2D eigenvalue weighted by molar-refractivity contribution is 7.91. The van der Waals surface area contributed by atoms with E-state index in [1.54, 1.807) is 31.4 Å². The Morgan fingerprint density at radius 1 is 1.24 bits per heavy atom. The Morgan fingerprint density at radius 3 is 2.41 bits per heavy atom. The van der Waals surface area contributed by atoms with Gasteiger partial charge in [0.1, 0.15) is 5.75 Å². The zero-order valence-electron chi connectivity index (χ0n) is 10.3. The van der Waals surface area contributed by atoms with Gasteiger partial charge >= 0.3 is 0 Å². The molecule has 0 atom stereocenters. The third-order valence-corrected chi connectivity index (χ3v) is 4.25. The summed E-state index contributed by atoms with van der Waals surface area (Å²) < 4.78 is 28.8. The highest BCUT2D eigenvalue weighted by Crippen LogP contribution is 2.16. The van der Waals surface area contributed by atoms with Crippen LogP contribution in [0, 0.1) is 0 Å². The molecule has 1 aromatic rings. The van der Waals surface area contributed by atoms with E-state index >= 15 is 0 Å². The Labute approximate surface area is 103 Å². The van der Waals surface area contributed by atoms with Crippen molar-refractivity contribution >= 4 is 9.84 Å². The van der Waals surface area contributed by atoms with Gasteiger partial charge in [0.15, 0.2) is 9.84 Å². The number of nitrogens with one attached hydrogen (secondary N) is 1. The van der Waals surface area contributed by atoms with Crippen molar-refractivity contribution in [2.24, 2.45) is 0 Å². The predicted molar refractivity (Wildman–Crippen MR) is 68.2 cm³/mol. The Hall–Kier alpha value is -1.07. The lowest BCUT2D eigenvalue weighted by atomic mass is 10.3. The number of sulfone groups is 1. The maximum absolute atomic E-state index is 11.9. The molecule has 0 amide bonds. The molecule has 1 rings (SSSR count). The number of methoxy groups -OCH3 is 1. The summed E-state index contributed by atoms with van der Waals surface area (Å²) >= 11 is 0. The molecular formula is C12H19NO3S. The Morgan fingerprint density at radius 2 is 1.88 bits per heavy atom. The van der Waals surface area contributed by atoms with Gasteiger partial charge < -0.3 is 10.1 Å². The summed E-state index contributed by atoms with van der Waals surface area (Å²) in [6.07, 6.45) is 0.627. The minimum absolute atomic E-state index is 0.173. The van der Waals surface area contributed by atoms with Crippen LogP contribution in [-0.2, 0) is 9.84 Å². The second kappa shape index (κ2) is 6.61. The molecule has 0 saturated carbocycles. The van der Waals surface area contributed by atoms with Gasteiger partial charge in [-0.05, 0) is 43.8 Å². The van der Waals surface area contributed by atoms with Crippen LogP contribution in [0.15, 0.2) is 29.2 Å². The molecule has 5 heteroatoms. The van der Waals surface area contributed by atoms with Gasteiger partial charge in [0.05, 0.1) is 17.8 Å². The van der Waals surface area contributed by atoms with Crippen molar-refractivity contribution in [1.29, 1.82) is 0 Å². The highest BCUT2D eigenvalue weighted by Gasteiger charge is 2.13. The zero-order chi connectivity index (χ0) is 12.7. The van der Waals surface area contributed by atoms with Crippen LogP contribution in [0.4, 0.5) is 0 Å². The van der Waals surface area contributed by atoms with Crippen LogP contribution >= 0.6 is 0 Å². The van der Waals surface area contributed by atoms with Crippen molar-refractivity contribution in [2.45, 2.75) is 18.2 Å². The standard InChI is InChI=1S/C12H19NO3S/c1-3-13-9-4-10-17(14,15)12-7-5-11(16-2)6-8-12/h5-8,13H,3-4,9-10H2,1-2H3. The molecule has 0 aliphatic rings. The van der Waals surface area contributed by atoms with Gasteiger partial charge in [0.2, 0.25) is 0 Å². The zero-order valence-corrected chi connectivity index (χ0v) is 11.1. The van der Waals surface area contributed by atoms with Crippen LogP contribution in [0.1, 0.15) is 13.3 Å². The molecule has 1 aromatic carbocycles. The van der Waals surface area contributed by atoms with Crippen molar-refractivity contribution in [3.63, 3.8) is 0 Å². The first kappa shape index (κ1) is 14.0. The molecule has 0 radical (unpaired) electrons. The summed E-state index contributed by atoms with van der Waals surface area (Å²) in [5, 5.41) is 3.11. The first-order valence-electron chi connectivity index (χ1n) is 5.67. The second-order valence-corrected chi connectivity index (χ2v) is 5.81. The van der Waals surface area contributed by atoms with Crippen molar-refractivity contribution in [1.82, 2.24) is 5.32 Å². The van der Waals surface area contributed by atoms with Crippen LogP contribution in [0.3, 0.4) is 0 Å². The van der Waals surface area contributed by atoms with Crippen molar-refractivity contribution < 1.29 is 13.2 Å². The summed E-state index contributed by atoms with van der Waals surface area (Å²) in [4.78, 5) is 0.356.